The largest absolute Gasteiger partial charge is 0.497 e. The molecule has 0 aliphatic rings. The molecular weight excluding hydrogens is 274 g/mol. The Bertz CT molecular complexity index is 485. The Hall–Kier alpha value is -2.24. The topological polar surface area (TPSA) is 76.1 Å². The molecule has 0 spiro atoms. The molecule has 1 amide bonds. The van der Waals surface area contributed by atoms with Gasteiger partial charge in [-0.15, -0.1) is 0 Å². The lowest BCUT2D eigenvalue weighted by Gasteiger charge is -2.26. The molecule has 116 valence electrons. The van der Waals surface area contributed by atoms with E-state index in [9.17, 15) is 9.59 Å². The van der Waals surface area contributed by atoms with Gasteiger partial charge in [-0.2, -0.15) is 0 Å². The van der Waals surface area contributed by atoms with Crippen molar-refractivity contribution in [2.75, 3.05) is 14.2 Å². The number of hydrogen-bond donors (Lipinski definition) is 1. The maximum atomic E-state index is 12.2. The summed E-state index contributed by atoms with van der Waals surface area (Å²) < 4.78 is 10.6. The molecule has 0 saturated carbocycles. The van der Waals surface area contributed by atoms with E-state index in [-0.39, 0.29) is 5.91 Å². The second-order valence-electron chi connectivity index (χ2n) is 4.65. The first-order valence-electron chi connectivity index (χ1n) is 6.70. The lowest BCUT2D eigenvalue weighted by Crippen LogP contribution is -2.47. The zero-order valence-electron chi connectivity index (χ0n) is 12.7. The van der Waals surface area contributed by atoms with Crippen LogP contribution in [0.25, 0.3) is 0 Å². The highest BCUT2D eigenvalue weighted by molar-refractivity contribution is 5.86. The van der Waals surface area contributed by atoms with E-state index in [1.54, 1.807) is 45.2 Å². The number of nitrogens with zero attached hydrogens (tertiary/aromatic N) is 1. The molecule has 0 saturated heterocycles. The Morgan fingerprint density at radius 3 is 2.19 bits per heavy atom. The van der Waals surface area contributed by atoms with E-state index >= 15 is 0 Å². The molecule has 0 aliphatic carbocycles. The number of carbonyl (C=O) groups excluding carboxylic acids is 1. The summed E-state index contributed by atoms with van der Waals surface area (Å²) in [5.74, 6) is -0.186. The number of likely N-dealkylation sites (N-methyl/N-ethyl adjacent to an activating group) is 1. The molecule has 0 aliphatic heterocycles. The first-order chi connectivity index (χ1) is 9.90. The van der Waals surface area contributed by atoms with E-state index in [1.807, 2.05) is 0 Å². The quantitative estimate of drug-likeness (QED) is 0.830. The molecule has 0 aromatic heterocycles. The number of carboxylic acid groups (broad SMARTS) is 1. The summed E-state index contributed by atoms with van der Waals surface area (Å²) in [6.07, 6.45) is -0.427. The molecule has 2 unspecified atom stereocenters. The smallest absolute Gasteiger partial charge is 0.326 e. The van der Waals surface area contributed by atoms with Crippen molar-refractivity contribution in [3.05, 3.63) is 24.3 Å². The van der Waals surface area contributed by atoms with Crippen LogP contribution in [0.1, 0.15) is 20.3 Å². The van der Waals surface area contributed by atoms with Crippen LogP contribution in [0.2, 0.25) is 0 Å². The molecule has 0 bridgehead atoms. The predicted molar refractivity (Wildman–Crippen MR) is 77.6 cm³/mol. The van der Waals surface area contributed by atoms with Crippen LogP contribution in [0.4, 0.5) is 0 Å². The minimum Gasteiger partial charge on any atom is -0.497 e. The molecule has 21 heavy (non-hydrogen) atoms. The molecule has 2 atom stereocenters. The molecule has 6 heteroatoms. The van der Waals surface area contributed by atoms with E-state index in [4.69, 9.17) is 14.6 Å². The van der Waals surface area contributed by atoms with E-state index < -0.39 is 18.1 Å². The summed E-state index contributed by atoms with van der Waals surface area (Å²) in [6.45, 7) is 3.31. The minimum absolute atomic E-state index is 0.340. The van der Waals surface area contributed by atoms with Crippen LogP contribution in [0.15, 0.2) is 24.3 Å². The van der Waals surface area contributed by atoms with Crippen LogP contribution < -0.4 is 9.47 Å². The third kappa shape index (κ3) is 4.37. The van der Waals surface area contributed by atoms with Crippen molar-refractivity contribution in [3.63, 3.8) is 0 Å². The van der Waals surface area contributed by atoms with Gasteiger partial charge in [0.1, 0.15) is 17.5 Å². The van der Waals surface area contributed by atoms with Gasteiger partial charge in [0, 0.05) is 7.05 Å². The van der Waals surface area contributed by atoms with Crippen molar-refractivity contribution < 1.29 is 24.2 Å². The third-order valence-electron chi connectivity index (χ3n) is 3.21. The van der Waals surface area contributed by atoms with Crippen molar-refractivity contribution in [2.45, 2.75) is 32.4 Å². The van der Waals surface area contributed by atoms with Crippen molar-refractivity contribution in [1.82, 2.24) is 4.90 Å². The number of methoxy groups -OCH3 is 1. The summed E-state index contributed by atoms with van der Waals surface area (Å²) in [4.78, 5) is 24.5. The Morgan fingerprint density at radius 1 is 1.24 bits per heavy atom. The van der Waals surface area contributed by atoms with E-state index in [1.165, 1.54) is 11.9 Å². The highest BCUT2D eigenvalue weighted by Crippen LogP contribution is 2.19. The van der Waals surface area contributed by atoms with Gasteiger partial charge in [-0.25, -0.2) is 4.79 Å². The summed E-state index contributed by atoms with van der Waals surface area (Å²) in [7, 11) is 3.03. The summed E-state index contributed by atoms with van der Waals surface area (Å²) in [6, 6.07) is 5.98. The fourth-order valence-electron chi connectivity index (χ4n) is 1.96. The third-order valence-corrected chi connectivity index (χ3v) is 3.21. The number of amides is 1. The normalized spacial score (nSPS) is 13.1. The Morgan fingerprint density at radius 2 is 1.76 bits per heavy atom. The predicted octanol–water partition coefficient (Wildman–Crippen LogP) is 1.78. The SMILES string of the molecule is CCC(C(=O)O)N(C)C(=O)C(C)Oc1ccc(OC)cc1. The van der Waals surface area contributed by atoms with Gasteiger partial charge in [0.2, 0.25) is 0 Å². The zero-order chi connectivity index (χ0) is 16.0. The van der Waals surface area contributed by atoms with Gasteiger partial charge in [-0.05, 0) is 37.6 Å². The van der Waals surface area contributed by atoms with Crippen LogP contribution in [0.5, 0.6) is 11.5 Å². The average Bonchev–Trinajstić information content (AvgIpc) is 2.47. The van der Waals surface area contributed by atoms with E-state index in [2.05, 4.69) is 0 Å². The number of aliphatic carboxylic acids is 1. The first kappa shape index (κ1) is 16.8. The standard InChI is InChI=1S/C15H21NO5/c1-5-13(15(18)19)16(3)14(17)10(2)21-12-8-6-11(20-4)7-9-12/h6-10,13H,5H2,1-4H3,(H,18,19). The van der Waals surface area contributed by atoms with Gasteiger partial charge < -0.3 is 19.5 Å². The lowest BCUT2D eigenvalue weighted by atomic mass is 10.2. The second kappa shape index (κ2) is 7.52. The van der Waals surface area contributed by atoms with Gasteiger partial charge >= 0.3 is 5.97 Å². The van der Waals surface area contributed by atoms with Gasteiger partial charge in [0.25, 0.3) is 5.91 Å². The van der Waals surface area contributed by atoms with E-state index in [0.29, 0.717) is 17.9 Å². The number of hydrogen-bond acceptors (Lipinski definition) is 4. The van der Waals surface area contributed by atoms with Crippen molar-refractivity contribution >= 4 is 11.9 Å². The highest BCUT2D eigenvalue weighted by atomic mass is 16.5. The Balaban J connectivity index is 2.70. The number of benzene rings is 1. The lowest BCUT2D eigenvalue weighted by molar-refractivity contribution is -0.151. The number of carboxylic acids is 1. The molecule has 1 rings (SSSR count). The fraction of sp³-hybridized carbons (Fsp3) is 0.467. The minimum atomic E-state index is -1.02. The summed E-state index contributed by atoms with van der Waals surface area (Å²) in [5.41, 5.74) is 0. The van der Waals surface area contributed by atoms with Gasteiger partial charge in [-0.1, -0.05) is 6.92 Å². The molecule has 6 nitrogen and oxygen atoms in total. The summed E-state index contributed by atoms with van der Waals surface area (Å²) in [5, 5.41) is 9.07. The molecule has 0 fully saturated rings. The van der Waals surface area contributed by atoms with Crippen molar-refractivity contribution in [2.24, 2.45) is 0 Å². The Kier molecular flexibility index (Phi) is 6.02. The molecule has 0 heterocycles. The molecule has 0 radical (unpaired) electrons. The molecule has 1 aromatic carbocycles. The molecule has 1 aromatic rings. The fourth-order valence-corrected chi connectivity index (χ4v) is 1.96. The monoisotopic (exact) mass is 295 g/mol. The van der Waals surface area contributed by atoms with Gasteiger partial charge in [-0.3, -0.25) is 4.79 Å². The number of ether oxygens (including phenoxy) is 2. The van der Waals surface area contributed by atoms with Gasteiger partial charge in [0.05, 0.1) is 7.11 Å². The molecule has 1 N–H and O–H groups in total. The van der Waals surface area contributed by atoms with Crippen molar-refractivity contribution in [3.8, 4) is 11.5 Å². The number of carbonyl (C=O) groups is 2. The first-order valence-corrected chi connectivity index (χ1v) is 6.70. The maximum absolute atomic E-state index is 12.2. The zero-order valence-corrected chi connectivity index (χ0v) is 12.7. The van der Waals surface area contributed by atoms with Gasteiger partial charge in [0.15, 0.2) is 6.10 Å². The van der Waals surface area contributed by atoms with Crippen molar-refractivity contribution in [1.29, 1.82) is 0 Å². The second-order valence-corrected chi connectivity index (χ2v) is 4.65. The number of rotatable bonds is 7. The maximum Gasteiger partial charge on any atom is 0.326 e. The summed E-state index contributed by atoms with van der Waals surface area (Å²) >= 11 is 0. The van der Waals surface area contributed by atoms with Crippen LogP contribution in [-0.4, -0.2) is 48.2 Å². The van der Waals surface area contributed by atoms with Crippen LogP contribution in [-0.2, 0) is 9.59 Å². The average molecular weight is 295 g/mol. The molecular formula is C15H21NO5. The van der Waals surface area contributed by atoms with Crippen LogP contribution in [0, 0.1) is 0 Å². The highest BCUT2D eigenvalue weighted by Gasteiger charge is 2.28. The van der Waals surface area contributed by atoms with Crippen LogP contribution in [0.3, 0.4) is 0 Å². The van der Waals surface area contributed by atoms with Crippen LogP contribution >= 0.6 is 0 Å². The Labute approximate surface area is 124 Å². The van der Waals surface area contributed by atoms with E-state index in [0.717, 1.165) is 0 Å².